The van der Waals surface area contributed by atoms with Gasteiger partial charge in [0.15, 0.2) is 0 Å². The van der Waals surface area contributed by atoms with Crippen molar-refractivity contribution in [1.29, 1.82) is 0 Å². The fourth-order valence-electron chi connectivity index (χ4n) is 2.61. The molecule has 5 heteroatoms. The van der Waals surface area contributed by atoms with Gasteiger partial charge in [0.1, 0.15) is 17.1 Å². The van der Waals surface area contributed by atoms with Crippen LogP contribution in [0.4, 0.5) is 17.1 Å². The Labute approximate surface area is 161 Å². The maximum atomic E-state index is 10.8. The Morgan fingerprint density at radius 2 is 1.50 bits per heavy atom. The summed E-state index contributed by atoms with van der Waals surface area (Å²) in [6.45, 7) is 12.6. The quantitative estimate of drug-likeness (QED) is 0.563. The van der Waals surface area contributed by atoms with Gasteiger partial charge in [-0.05, 0) is 40.7 Å². The number of rotatable bonds is 3. The molecule has 26 heavy (non-hydrogen) atoms. The largest absolute Gasteiger partial charge is 0.505 e. The molecular weight excluding hydrogens is 346 g/mol. The molecule has 0 aliphatic carbocycles. The van der Waals surface area contributed by atoms with Crippen molar-refractivity contribution in [2.24, 2.45) is 10.2 Å². The predicted octanol–water partition coefficient (Wildman–Crippen LogP) is 7.10. The molecule has 0 bridgehead atoms. The molecule has 0 aromatic heterocycles. The minimum atomic E-state index is -0.207. The van der Waals surface area contributed by atoms with Crippen LogP contribution in [-0.2, 0) is 10.8 Å². The molecule has 0 saturated heterocycles. The minimum Gasteiger partial charge on any atom is -0.505 e. The number of benzene rings is 2. The molecule has 2 N–H and O–H groups in total. The number of hydrogen-bond donors (Lipinski definition) is 2. The smallest absolute Gasteiger partial charge is 0.146 e. The van der Waals surface area contributed by atoms with Crippen LogP contribution in [0.2, 0.25) is 5.02 Å². The van der Waals surface area contributed by atoms with E-state index in [0.29, 0.717) is 16.4 Å². The van der Waals surface area contributed by atoms with E-state index in [-0.39, 0.29) is 16.6 Å². The zero-order valence-electron chi connectivity index (χ0n) is 16.6. The van der Waals surface area contributed by atoms with Crippen molar-refractivity contribution in [3.8, 4) is 5.75 Å². The molecule has 0 unspecified atom stereocenters. The fraction of sp³-hybridized carbons (Fsp3) is 0.429. The lowest BCUT2D eigenvalue weighted by Crippen LogP contribution is -2.16. The maximum Gasteiger partial charge on any atom is 0.146 e. The van der Waals surface area contributed by atoms with Crippen LogP contribution in [0.3, 0.4) is 0 Å². The van der Waals surface area contributed by atoms with Crippen molar-refractivity contribution >= 4 is 28.7 Å². The van der Waals surface area contributed by atoms with Crippen LogP contribution in [0.1, 0.15) is 52.7 Å². The Kier molecular flexibility index (Phi) is 5.67. The molecule has 0 atom stereocenters. The molecular formula is C21H28ClN3O. The average molecular weight is 374 g/mol. The minimum absolute atomic E-state index is 0.0653. The van der Waals surface area contributed by atoms with Gasteiger partial charge in [-0.1, -0.05) is 59.2 Å². The highest BCUT2D eigenvalue weighted by Crippen LogP contribution is 2.42. The Morgan fingerprint density at radius 3 is 2.04 bits per heavy atom. The van der Waals surface area contributed by atoms with E-state index in [0.717, 1.165) is 16.8 Å². The maximum absolute atomic E-state index is 10.8. The van der Waals surface area contributed by atoms with Crippen LogP contribution in [0.15, 0.2) is 40.6 Å². The number of phenols is 1. The zero-order chi connectivity index (χ0) is 19.7. The summed E-state index contributed by atoms with van der Waals surface area (Å²) in [6, 6.07) is 9.35. The molecule has 0 fully saturated rings. The van der Waals surface area contributed by atoms with E-state index in [9.17, 15) is 5.11 Å². The third-order valence-electron chi connectivity index (χ3n) is 4.26. The van der Waals surface area contributed by atoms with E-state index >= 15 is 0 Å². The molecule has 2 rings (SSSR count). The molecule has 0 amide bonds. The normalized spacial score (nSPS) is 12.6. The average Bonchev–Trinajstić information content (AvgIpc) is 2.51. The molecule has 140 valence electrons. The predicted molar refractivity (Wildman–Crippen MR) is 111 cm³/mol. The van der Waals surface area contributed by atoms with Gasteiger partial charge >= 0.3 is 0 Å². The third kappa shape index (κ3) is 4.55. The highest BCUT2D eigenvalue weighted by atomic mass is 35.5. The van der Waals surface area contributed by atoms with E-state index in [4.69, 9.17) is 11.6 Å². The molecule has 0 radical (unpaired) electrons. The zero-order valence-corrected chi connectivity index (χ0v) is 17.4. The van der Waals surface area contributed by atoms with Crippen LogP contribution < -0.4 is 5.32 Å². The first-order valence-corrected chi connectivity index (χ1v) is 9.08. The molecule has 2 aromatic rings. The summed E-state index contributed by atoms with van der Waals surface area (Å²) < 4.78 is 0. The van der Waals surface area contributed by atoms with Gasteiger partial charge in [-0.3, -0.25) is 0 Å². The molecule has 0 spiro atoms. The molecule has 0 aliphatic heterocycles. The fourth-order valence-corrected chi connectivity index (χ4v) is 2.77. The second kappa shape index (κ2) is 7.28. The third-order valence-corrected chi connectivity index (χ3v) is 4.49. The molecule has 2 aromatic carbocycles. The lowest BCUT2D eigenvalue weighted by atomic mass is 9.80. The van der Waals surface area contributed by atoms with E-state index < -0.39 is 0 Å². The first-order valence-electron chi connectivity index (χ1n) is 8.70. The molecule has 0 saturated carbocycles. The van der Waals surface area contributed by atoms with Gasteiger partial charge in [-0.25, -0.2) is 0 Å². The summed E-state index contributed by atoms with van der Waals surface area (Å²) in [5, 5.41) is 23.1. The summed E-state index contributed by atoms with van der Waals surface area (Å²) in [5.74, 6) is 0.169. The Morgan fingerprint density at radius 1 is 0.885 bits per heavy atom. The van der Waals surface area contributed by atoms with Crippen LogP contribution >= 0.6 is 11.6 Å². The van der Waals surface area contributed by atoms with E-state index in [2.05, 4.69) is 63.2 Å². The first-order chi connectivity index (χ1) is 11.9. The molecule has 4 nitrogen and oxygen atoms in total. The van der Waals surface area contributed by atoms with Gasteiger partial charge in [0.05, 0.1) is 5.69 Å². The van der Waals surface area contributed by atoms with Crippen LogP contribution in [-0.4, -0.2) is 12.2 Å². The summed E-state index contributed by atoms with van der Waals surface area (Å²) in [6.07, 6.45) is 0. The highest BCUT2D eigenvalue weighted by Gasteiger charge is 2.25. The Bertz CT molecular complexity index is 830. The van der Waals surface area contributed by atoms with Gasteiger partial charge < -0.3 is 10.4 Å². The number of halogens is 1. The number of nitrogens with one attached hydrogen (secondary N) is 1. The highest BCUT2D eigenvalue weighted by molar-refractivity contribution is 6.31. The summed E-state index contributed by atoms with van der Waals surface area (Å²) in [4.78, 5) is 0. The second-order valence-electron chi connectivity index (χ2n) is 8.50. The molecule has 0 heterocycles. The van der Waals surface area contributed by atoms with E-state index in [1.165, 1.54) is 0 Å². The number of hydrogen-bond acceptors (Lipinski definition) is 4. The van der Waals surface area contributed by atoms with Crippen molar-refractivity contribution in [1.82, 2.24) is 0 Å². The van der Waals surface area contributed by atoms with E-state index in [1.807, 2.05) is 19.2 Å². The van der Waals surface area contributed by atoms with Gasteiger partial charge in [0, 0.05) is 17.6 Å². The lowest BCUT2D eigenvalue weighted by molar-refractivity contribution is 0.446. The van der Waals surface area contributed by atoms with Gasteiger partial charge in [0.2, 0.25) is 0 Å². The van der Waals surface area contributed by atoms with Gasteiger partial charge in [-0.2, -0.15) is 0 Å². The number of nitrogens with zero attached hydrogens (tertiary/aromatic N) is 2. The number of aromatic hydroxyl groups is 1. The van der Waals surface area contributed by atoms with Crippen LogP contribution in [0.5, 0.6) is 5.75 Å². The van der Waals surface area contributed by atoms with E-state index in [1.54, 1.807) is 12.1 Å². The van der Waals surface area contributed by atoms with Crippen LogP contribution in [0, 0.1) is 0 Å². The topological polar surface area (TPSA) is 57.0 Å². The van der Waals surface area contributed by atoms with Crippen molar-refractivity contribution in [3.05, 3.63) is 46.5 Å². The number of phenolic OH excluding ortho intramolecular Hbond substituents is 1. The van der Waals surface area contributed by atoms with Crippen molar-refractivity contribution in [3.63, 3.8) is 0 Å². The summed E-state index contributed by atoms with van der Waals surface area (Å²) in [7, 11) is 1.82. The Balaban J connectivity index is 2.61. The number of azo groups is 1. The lowest BCUT2D eigenvalue weighted by Gasteiger charge is -2.26. The van der Waals surface area contributed by atoms with Gasteiger partial charge in [0.25, 0.3) is 0 Å². The van der Waals surface area contributed by atoms with Gasteiger partial charge in [-0.15, -0.1) is 10.2 Å². The van der Waals surface area contributed by atoms with Crippen molar-refractivity contribution in [2.45, 2.75) is 52.4 Å². The standard InChI is InChI=1S/C21H28ClN3O/c1-20(2,3)13-10-15(21(4,5)6)19(26)18(11-13)25-24-17-12-14(22)8-9-16(17)23-7/h8-12,23,26H,1-7H3. The first kappa shape index (κ1) is 20.2. The second-order valence-corrected chi connectivity index (χ2v) is 8.94. The van der Waals surface area contributed by atoms with Crippen LogP contribution in [0.25, 0.3) is 0 Å². The Hall–Kier alpha value is -2.07. The SMILES string of the molecule is CNc1ccc(Cl)cc1N=Nc1cc(C(C)(C)C)cc(C(C)(C)C)c1O. The monoisotopic (exact) mass is 373 g/mol. The molecule has 0 aliphatic rings. The van der Waals surface area contributed by atoms with Crippen molar-refractivity contribution < 1.29 is 5.11 Å². The number of anilines is 1. The van der Waals surface area contributed by atoms with Crippen molar-refractivity contribution in [2.75, 3.05) is 12.4 Å². The summed E-state index contributed by atoms with van der Waals surface area (Å²) in [5.41, 5.74) is 3.60. The summed E-state index contributed by atoms with van der Waals surface area (Å²) >= 11 is 6.08.